The first-order valence-electron chi connectivity index (χ1n) is 12.1. The predicted molar refractivity (Wildman–Crippen MR) is 142 cm³/mol. The lowest BCUT2D eigenvalue weighted by Crippen LogP contribution is -2.48. The smallest absolute Gasteiger partial charge is 0.410 e. The number of benzene rings is 2. The summed E-state index contributed by atoms with van der Waals surface area (Å²) in [5.74, 6) is -1.40. The number of carbonyl (C=O) groups excluding carboxylic acids is 4. The fraction of sp³-hybridized carbons (Fsp3) is 0.429. The maximum atomic E-state index is 13.4. The van der Waals surface area contributed by atoms with Gasteiger partial charge in [0.2, 0.25) is 0 Å². The van der Waals surface area contributed by atoms with Gasteiger partial charge in [0.1, 0.15) is 5.60 Å². The number of nitrogens with zero attached hydrogens (tertiary/aromatic N) is 2. The van der Waals surface area contributed by atoms with Crippen molar-refractivity contribution < 1.29 is 28.7 Å². The van der Waals surface area contributed by atoms with E-state index in [1.807, 2.05) is 24.3 Å². The highest BCUT2D eigenvalue weighted by molar-refractivity contribution is 9.10. The Kier molecular flexibility index (Phi) is 8.79. The van der Waals surface area contributed by atoms with E-state index in [4.69, 9.17) is 9.47 Å². The average molecular weight is 573 g/mol. The zero-order valence-electron chi connectivity index (χ0n) is 21.9. The van der Waals surface area contributed by atoms with Crippen molar-refractivity contribution in [2.75, 3.05) is 27.2 Å². The van der Waals surface area contributed by atoms with Crippen molar-refractivity contribution in [1.82, 2.24) is 9.80 Å². The first-order chi connectivity index (χ1) is 17.4. The summed E-state index contributed by atoms with van der Waals surface area (Å²) < 4.78 is 11.5. The molecule has 0 bridgehead atoms. The van der Waals surface area contributed by atoms with Gasteiger partial charge in [0.25, 0.3) is 11.8 Å². The molecule has 0 aliphatic carbocycles. The van der Waals surface area contributed by atoms with Gasteiger partial charge in [-0.25, -0.2) is 4.79 Å². The van der Waals surface area contributed by atoms with E-state index in [1.54, 1.807) is 52.1 Å². The fourth-order valence-electron chi connectivity index (χ4n) is 4.49. The van der Waals surface area contributed by atoms with Crippen LogP contribution in [-0.2, 0) is 20.7 Å². The molecular weight excluding hydrogens is 540 g/mol. The van der Waals surface area contributed by atoms with Gasteiger partial charge in [0, 0.05) is 24.6 Å². The Morgan fingerprint density at radius 1 is 1.00 bits per heavy atom. The minimum atomic E-state index is -1.22. The van der Waals surface area contributed by atoms with Crippen LogP contribution in [0.2, 0.25) is 0 Å². The number of amides is 3. The van der Waals surface area contributed by atoms with Crippen LogP contribution in [0.25, 0.3) is 0 Å². The second-order valence-corrected chi connectivity index (χ2v) is 11.2. The molecule has 0 fully saturated rings. The molecule has 0 saturated carbocycles. The van der Waals surface area contributed by atoms with Crippen LogP contribution >= 0.6 is 15.9 Å². The average Bonchev–Trinajstić information content (AvgIpc) is 3.07. The van der Waals surface area contributed by atoms with Crippen LogP contribution < -0.4 is 0 Å². The van der Waals surface area contributed by atoms with E-state index in [0.29, 0.717) is 24.1 Å². The molecule has 1 heterocycles. The largest absolute Gasteiger partial charge is 0.469 e. The van der Waals surface area contributed by atoms with Crippen LogP contribution in [0.1, 0.15) is 59.9 Å². The molecule has 2 aromatic rings. The predicted octanol–water partition coefficient (Wildman–Crippen LogP) is 5.09. The number of rotatable bonds is 9. The highest BCUT2D eigenvalue weighted by Gasteiger charge is 2.46. The molecule has 8 nitrogen and oxygen atoms in total. The molecule has 1 aliphatic heterocycles. The van der Waals surface area contributed by atoms with Gasteiger partial charge < -0.3 is 14.4 Å². The molecule has 0 radical (unpaired) electrons. The second kappa shape index (κ2) is 11.5. The zero-order valence-corrected chi connectivity index (χ0v) is 23.5. The molecule has 1 unspecified atom stereocenters. The van der Waals surface area contributed by atoms with E-state index < -0.39 is 34.9 Å². The van der Waals surface area contributed by atoms with Crippen molar-refractivity contribution in [2.24, 2.45) is 5.41 Å². The molecule has 0 aromatic heterocycles. The van der Waals surface area contributed by atoms with Gasteiger partial charge in [-0.2, -0.15) is 0 Å². The first kappa shape index (κ1) is 28.4. The third kappa shape index (κ3) is 6.77. The van der Waals surface area contributed by atoms with Crippen molar-refractivity contribution in [1.29, 1.82) is 0 Å². The minimum absolute atomic E-state index is 0.144. The van der Waals surface area contributed by atoms with Gasteiger partial charge in [-0.15, -0.1) is 0 Å². The van der Waals surface area contributed by atoms with Crippen molar-refractivity contribution in [3.8, 4) is 0 Å². The zero-order chi connectivity index (χ0) is 27.4. The van der Waals surface area contributed by atoms with E-state index in [-0.39, 0.29) is 19.4 Å². The Labute approximate surface area is 226 Å². The number of imide groups is 1. The topological polar surface area (TPSA) is 93.2 Å². The van der Waals surface area contributed by atoms with Gasteiger partial charge in [-0.05, 0) is 69.9 Å². The van der Waals surface area contributed by atoms with Crippen LogP contribution in [-0.4, -0.2) is 66.5 Å². The molecule has 1 atom stereocenters. The maximum Gasteiger partial charge on any atom is 0.410 e. The van der Waals surface area contributed by atoms with Gasteiger partial charge >= 0.3 is 12.1 Å². The molecule has 0 saturated heterocycles. The molecule has 37 heavy (non-hydrogen) atoms. The lowest BCUT2D eigenvalue weighted by molar-refractivity contribution is -0.154. The lowest BCUT2D eigenvalue weighted by Gasteiger charge is -2.35. The van der Waals surface area contributed by atoms with Gasteiger partial charge in [-0.1, -0.05) is 40.2 Å². The van der Waals surface area contributed by atoms with E-state index >= 15 is 0 Å². The van der Waals surface area contributed by atoms with E-state index in [1.165, 1.54) is 12.0 Å². The number of methoxy groups -OCH3 is 1. The summed E-state index contributed by atoms with van der Waals surface area (Å²) in [6.07, 6.45) is 0.459. The first-order valence-corrected chi connectivity index (χ1v) is 12.9. The molecule has 3 amide bonds. The van der Waals surface area contributed by atoms with Crippen molar-refractivity contribution in [3.63, 3.8) is 0 Å². The van der Waals surface area contributed by atoms with Crippen molar-refractivity contribution in [2.45, 2.75) is 45.6 Å². The van der Waals surface area contributed by atoms with Gasteiger partial charge in [-0.3, -0.25) is 19.3 Å². The van der Waals surface area contributed by atoms with Crippen LogP contribution in [0.4, 0.5) is 4.79 Å². The Bertz CT molecular complexity index is 1160. The van der Waals surface area contributed by atoms with Gasteiger partial charge in [0.05, 0.1) is 23.7 Å². The van der Waals surface area contributed by atoms with Crippen molar-refractivity contribution in [3.05, 3.63) is 69.7 Å². The number of hydrogen-bond donors (Lipinski definition) is 0. The number of halogens is 1. The summed E-state index contributed by atoms with van der Waals surface area (Å²) in [5.41, 5.74) is -0.376. The summed E-state index contributed by atoms with van der Waals surface area (Å²) in [5, 5.41) is 0. The Hall–Kier alpha value is -3.20. The Morgan fingerprint density at radius 3 is 2.16 bits per heavy atom. The standard InChI is InChI=1S/C28H33BrN2O6/c1-27(2,3)37-26(35)30(4)15-9-14-28(25(34)36-5,17-19-10-8-11-20(29)16-19)18-31-23(32)21-12-6-7-13-22(21)24(31)33/h6-8,10-13,16H,9,14-15,17-18H2,1-5H3. The molecule has 0 spiro atoms. The lowest BCUT2D eigenvalue weighted by atomic mass is 9.77. The van der Waals surface area contributed by atoms with Crippen LogP contribution in [0, 0.1) is 5.41 Å². The van der Waals surface area contributed by atoms with E-state index in [2.05, 4.69) is 15.9 Å². The summed E-state index contributed by atoms with van der Waals surface area (Å²) in [7, 11) is 2.93. The van der Waals surface area contributed by atoms with E-state index in [9.17, 15) is 19.2 Å². The van der Waals surface area contributed by atoms with Crippen LogP contribution in [0.3, 0.4) is 0 Å². The van der Waals surface area contributed by atoms with Crippen LogP contribution in [0.15, 0.2) is 53.0 Å². The second-order valence-electron chi connectivity index (χ2n) is 10.3. The molecule has 1 aliphatic rings. The third-order valence-electron chi connectivity index (χ3n) is 6.24. The Morgan fingerprint density at radius 2 is 1.62 bits per heavy atom. The molecule has 0 N–H and O–H groups in total. The SMILES string of the molecule is COC(=O)C(CCCN(C)C(=O)OC(C)(C)C)(Cc1cccc(Br)c1)CN1C(=O)c2ccccc2C1=O. The van der Waals surface area contributed by atoms with Crippen molar-refractivity contribution >= 4 is 39.8 Å². The number of ether oxygens (including phenoxy) is 2. The fourth-order valence-corrected chi connectivity index (χ4v) is 4.93. The number of hydrogen-bond acceptors (Lipinski definition) is 6. The quantitative estimate of drug-likeness (QED) is 0.307. The summed E-state index contributed by atoms with van der Waals surface area (Å²) in [4.78, 5) is 54.8. The molecule has 198 valence electrons. The maximum absolute atomic E-state index is 13.4. The summed E-state index contributed by atoms with van der Waals surface area (Å²) in [6.45, 7) is 5.55. The van der Waals surface area contributed by atoms with Gasteiger partial charge in [0.15, 0.2) is 0 Å². The Balaban J connectivity index is 1.90. The third-order valence-corrected chi connectivity index (χ3v) is 6.74. The molecule has 3 rings (SSSR count). The summed E-state index contributed by atoms with van der Waals surface area (Å²) in [6, 6.07) is 14.1. The van der Waals surface area contributed by atoms with Crippen LogP contribution in [0.5, 0.6) is 0 Å². The van der Waals surface area contributed by atoms with E-state index in [0.717, 1.165) is 14.9 Å². The minimum Gasteiger partial charge on any atom is -0.469 e. The molecule has 2 aromatic carbocycles. The number of fused-ring (bicyclic) bond motifs is 1. The summed E-state index contributed by atoms with van der Waals surface area (Å²) >= 11 is 3.47. The highest BCUT2D eigenvalue weighted by Crippen LogP contribution is 2.35. The monoisotopic (exact) mass is 572 g/mol. The highest BCUT2D eigenvalue weighted by atomic mass is 79.9. The normalized spacial score (nSPS) is 14.7. The number of esters is 1. The number of carbonyl (C=O) groups is 4. The molecular formula is C28H33BrN2O6. The molecule has 9 heteroatoms.